The van der Waals surface area contributed by atoms with Gasteiger partial charge in [-0.25, -0.2) is 4.98 Å². The molecule has 1 fully saturated rings. The van der Waals surface area contributed by atoms with Crippen LogP contribution < -0.4 is 4.90 Å². The van der Waals surface area contributed by atoms with Crippen LogP contribution in [0.2, 0.25) is 0 Å². The Morgan fingerprint density at radius 1 is 1.57 bits per heavy atom. The van der Waals surface area contributed by atoms with Crippen LogP contribution in [0.4, 0.5) is 5.82 Å². The van der Waals surface area contributed by atoms with Crippen molar-refractivity contribution in [1.82, 2.24) is 4.98 Å². The Morgan fingerprint density at radius 2 is 2.43 bits per heavy atom. The van der Waals surface area contributed by atoms with Crippen molar-refractivity contribution in [2.24, 2.45) is 0 Å². The molecule has 1 aliphatic rings. The third-order valence-corrected chi connectivity index (χ3v) is 3.05. The molecule has 2 rings (SSSR count). The lowest BCUT2D eigenvalue weighted by Crippen LogP contribution is -2.38. The highest BCUT2D eigenvalue weighted by atomic mass is 79.9. The number of nitrogens with zero attached hydrogens (tertiary/aromatic N) is 2. The number of β-amino-alcohol motifs (C(OH)–C–C–N with tert-alkyl or cyclic N) is 1. The van der Waals surface area contributed by atoms with Gasteiger partial charge in [0.05, 0.1) is 10.6 Å². The fraction of sp³-hybridized carbons (Fsp3) is 0.500. The molecule has 1 unspecified atom stereocenters. The van der Waals surface area contributed by atoms with Gasteiger partial charge >= 0.3 is 0 Å². The highest BCUT2D eigenvalue weighted by molar-refractivity contribution is 9.10. The minimum Gasteiger partial charge on any atom is -0.391 e. The largest absolute Gasteiger partial charge is 0.391 e. The standard InChI is InChI=1S/C10H13BrN2O/c11-9-4-1-5-12-10(9)13-6-2-3-8(14)7-13/h1,4-5,8,14H,2-3,6-7H2. The van der Waals surface area contributed by atoms with Crippen LogP contribution in [-0.2, 0) is 0 Å². The number of pyridine rings is 1. The minimum absolute atomic E-state index is 0.211. The number of halogens is 1. The number of piperidine rings is 1. The third kappa shape index (κ3) is 2.07. The van der Waals surface area contributed by atoms with Crippen molar-refractivity contribution in [2.75, 3.05) is 18.0 Å². The number of aliphatic hydroxyl groups excluding tert-OH is 1. The number of anilines is 1. The van der Waals surface area contributed by atoms with Crippen LogP contribution in [-0.4, -0.2) is 29.3 Å². The highest BCUT2D eigenvalue weighted by Gasteiger charge is 2.19. The van der Waals surface area contributed by atoms with Crippen molar-refractivity contribution < 1.29 is 5.11 Å². The molecule has 1 aromatic rings. The Balaban J connectivity index is 2.18. The van der Waals surface area contributed by atoms with Gasteiger partial charge in [-0.05, 0) is 40.9 Å². The van der Waals surface area contributed by atoms with E-state index in [1.165, 1.54) is 0 Å². The zero-order chi connectivity index (χ0) is 9.97. The number of hydrogen-bond donors (Lipinski definition) is 1. The smallest absolute Gasteiger partial charge is 0.142 e. The Morgan fingerprint density at radius 3 is 3.14 bits per heavy atom. The molecular formula is C10H13BrN2O. The van der Waals surface area contributed by atoms with Crippen LogP contribution in [0, 0.1) is 0 Å². The van der Waals surface area contributed by atoms with E-state index in [2.05, 4.69) is 25.8 Å². The molecule has 2 heterocycles. The summed E-state index contributed by atoms with van der Waals surface area (Å²) in [5.74, 6) is 0.936. The van der Waals surface area contributed by atoms with Crippen molar-refractivity contribution >= 4 is 21.7 Å². The summed E-state index contributed by atoms with van der Waals surface area (Å²) in [7, 11) is 0. The van der Waals surface area contributed by atoms with E-state index in [1.807, 2.05) is 12.1 Å². The van der Waals surface area contributed by atoms with E-state index in [0.717, 1.165) is 29.7 Å². The quantitative estimate of drug-likeness (QED) is 0.833. The first-order valence-electron chi connectivity index (χ1n) is 4.81. The summed E-state index contributed by atoms with van der Waals surface area (Å²) >= 11 is 3.47. The summed E-state index contributed by atoms with van der Waals surface area (Å²) in [5, 5.41) is 9.55. The molecule has 1 aromatic heterocycles. The van der Waals surface area contributed by atoms with Crippen molar-refractivity contribution in [1.29, 1.82) is 0 Å². The summed E-state index contributed by atoms with van der Waals surface area (Å²) in [5.41, 5.74) is 0. The molecule has 1 saturated heterocycles. The Kier molecular flexibility index (Phi) is 3.03. The van der Waals surface area contributed by atoms with Gasteiger partial charge < -0.3 is 10.0 Å². The summed E-state index contributed by atoms with van der Waals surface area (Å²) in [6.45, 7) is 1.67. The lowest BCUT2D eigenvalue weighted by Gasteiger charge is -2.31. The molecule has 0 aromatic carbocycles. The summed E-state index contributed by atoms with van der Waals surface area (Å²) in [4.78, 5) is 6.43. The molecule has 4 heteroatoms. The predicted octanol–water partition coefficient (Wildman–Crippen LogP) is 1.81. The summed E-state index contributed by atoms with van der Waals surface area (Å²) < 4.78 is 0.995. The number of aromatic nitrogens is 1. The SMILES string of the molecule is OC1CCCN(c2ncccc2Br)C1. The van der Waals surface area contributed by atoms with E-state index < -0.39 is 0 Å². The maximum atomic E-state index is 9.55. The average Bonchev–Trinajstić information content (AvgIpc) is 2.18. The first-order valence-corrected chi connectivity index (χ1v) is 5.60. The maximum absolute atomic E-state index is 9.55. The predicted molar refractivity (Wildman–Crippen MR) is 59.4 cm³/mol. The van der Waals surface area contributed by atoms with Crippen LogP contribution in [0.3, 0.4) is 0 Å². The van der Waals surface area contributed by atoms with Gasteiger partial charge in [-0.3, -0.25) is 0 Å². The van der Waals surface area contributed by atoms with Crippen LogP contribution in [0.25, 0.3) is 0 Å². The second kappa shape index (κ2) is 4.28. The van der Waals surface area contributed by atoms with E-state index in [4.69, 9.17) is 0 Å². The summed E-state index contributed by atoms with van der Waals surface area (Å²) in [6.07, 6.45) is 3.50. The lowest BCUT2D eigenvalue weighted by atomic mass is 10.1. The second-order valence-corrected chi connectivity index (χ2v) is 4.41. The molecule has 14 heavy (non-hydrogen) atoms. The second-order valence-electron chi connectivity index (χ2n) is 3.55. The summed E-state index contributed by atoms with van der Waals surface area (Å²) in [6, 6.07) is 3.87. The first-order chi connectivity index (χ1) is 6.77. The van der Waals surface area contributed by atoms with Crippen LogP contribution >= 0.6 is 15.9 Å². The number of aliphatic hydroxyl groups is 1. The molecule has 0 amide bonds. The van der Waals surface area contributed by atoms with Crippen molar-refractivity contribution in [3.8, 4) is 0 Å². The van der Waals surface area contributed by atoms with Crippen molar-refractivity contribution in [3.63, 3.8) is 0 Å². The van der Waals surface area contributed by atoms with Gasteiger partial charge in [0.15, 0.2) is 0 Å². The van der Waals surface area contributed by atoms with E-state index >= 15 is 0 Å². The molecule has 0 radical (unpaired) electrons. The Labute approximate surface area is 91.9 Å². The van der Waals surface area contributed by atoms with Crippen molar-refractivity contribution in [3.05, 3.63) is 22.8 Å². The van der Waals surface area contributed by atoms with Crippen LogP contribution in [0.1, 0.15) is 12.8 Å². The molecule has 0 bridgehead atoms. The number of rotatable bonds is 1. The normalized spacial score (nSPS) is 22.4. The van der Waals surface area contributed by atoms with Crippen LogP contribution in [0.15, 0.2) is 22.8 Å². The van der Waals surface area contributed by atoms with Gasteiger partial charge in [0.2, 0.25) is 0 Å². The zero-order valence-electron chi connectivity index (χ0n) is 7.86. The molecule has 1 aliphatic heterocycles. The topological polar surface area (TPSA) is 36.4 Å². The molecule has 3 nitrogen and oxygen atoms in total. The molecule has 0 spiro atoms. The zero-order valence-corrected chi connectivity index (χ0v) is 9.44. The Hall–Kier alpha value is -0.610. The molecule has 1 atom stereocenters. The molecular weight excluding hydrogens is 244 g/mol. The molecule has 0 aliphatic carbocycles. The van der Waals surface area contributed by atoms with E-state index in [1.54, 1.807) is 6.20 Å². The molecule has 1 N–H and O–H groups in total. The maximum Gasteiger partial charge on any atom is 0.142 e. The van der Waals surface area contributed by atoms with Crippen molar-refractivity contribution in [2.45, 2.75) is 18.9 Å². The third-order valence-electron chi connectivity index (χ3n) is 2.44. The van der Waals surface area contributed by atoms with Gasteiger partial charge in [0, 0.05) is 19.3 Å². The Bertz CT molecular complexity index is 319. The van der Waals surface area contributed by atoms with E-state index in [9.17, 15) is 5.11 Å². The minimum atomic E-state index is -0.211. The van der Waals surface area contributed by atoms with Gasteiger partial charge in [0.25, 0.3) is 0 Å². The van der Waals surface area contributed by atoms with Gasteiger partial charge in [0.1, 0.15) is 5.82 Å². The van der Waals surface area contributed by atoms with E-state index in [0.29, 0.717) is 6.54 Å². The highest BCUT2D eigenvalue weighted by Crippen LogP contribution is 2.25. The monoisotopic (exact) mass is 256 g/mol. The fourth-order valence-electron chi connectivity index (χ4n) is 1.76. The number of hydrogen-bond acceptors (Lipinski definition) is 3. The first kappa shape index (κ1) is 9.93. The average molecular weight is 257 g/mol. The van der Waals surface area contributed by atoms with Gasteiger partial charge in [-0.15, -0.1) is 0 Å². The van der Waals surface area contributed by atoms with E-state index in [-0.39, 0.29) is 6.10 Å². The molecule has 0 saturated carbocycles. The fourth-order valence-corrected chi connectivity index (χ4v) is 2.26. The van der Waals surface area contributed by atoms with Gasteiger partial charge in [-0.1, -0.05) is 0 Å². The van der Waals surface area contributed by atoms with Crippen LogP contribution in [0.5, 0.6) is 0 Å². The lowest BCUT2D eigenvalue weighted by molar-refractivity contribution is 0.154. The molecule has 76 valence electrons. The van der Waals surface area contributed by atoms with Gasteiger partial charge in [-0.2, -0.15) is 0 Å².